The molecule has 1 unspecified atom stereocenters. The molecule has 1 N–H and O–H groups in total. The summed E-state index contributed by atoms with van der Waals surface area (Å²) in [5.74, 6) is 0.929. The fourth-order valence-corrected chi connectivity index (χ4v) is 3.37. The number of hydrogen-bond acceptors (Lipinski definition) is 2. The number of hydrogen-bond donors (Lipinski definition) is 1. The van der Waals surface area contributed by atoms with Gasteiger partial charge in [-0.2, -0.15) is 0 Å². The van der Waals surface area contributed by atoms with Gasteiger partial charge in [-0.3, -0.25) is 0 Å². The molecule has 0 spiro atoms. The van der Waals surface area contributed by atoms with E-state index in [0.29, 0.717) is 11.7 Å². The first-order valence-electron chi connectivity index (χ1n) is 11.4. The van der Waals surface area contributed by atoms with Crippen LogP contribution in [-0.4, -0.2) is 17.0 Å². The van der Waals surface area contributed by atoms with Crippen LogP contribution in [0.1, 0.15) is 98.3 Å². The van der Waals surface area contributed by atoms with E-state index in [-0.39, 0.29) is 6.10 Å². The van der Waals surface area contributed by atoms with Crippen molar-refractivity contribution >= 4 is 5.78 Å². The molecule has 2 atom stereocenters. The highest BCUT2D eigenvalue weighted by Gasteiger charge is 2.19. The van der Waals surface area contributed by atoms with Gasteiger partial charge >= 0.3 is 0 Å². The van der Waals surface area contributed by atoms with Crippen LogP contribution in [0.5, 0.6) is 0 Å². The van der Waals surface area contributed by atoms with Crippen molar-refractivity contribution in [2.24, 2.45) is 5.92 Å². The number of carbonyl (C=O) groups is 1. The number of ketones is 1. The summed E-state index contributed by atoms with van der Waals surface area (Å²) in [6.45, 7) is 7.63. The highest BCUT2D eigenvalue weighted by atomic mass is 16.3. The predicted molar refractivity (Wildman–Crippen MR) is 123 cm³/mol. The van der Waals surface area contributed by atoms with Gasteiger partial charge in [0.1, 0.15) is 5.78 Å². The first kappa shape index (κ1) is 26.6. The minimum Gasteiger partial charge on any atom is -0.393 e. The topological polar surface area (TPSA) is 37.3 Å². The van der Waals surface area contributed by atoms with Crippen LogP contribution in [0.25, 0.3) is 0 Å². The summed E-state index contributed by atoms with van der Waals surface area (Å²) in [5.41, 5.74) is 1.51. The number of allylic oxidation sites excluding steroid dienone is 8. The van der Waals surface area contributed by atoms with Crippen LogP contribution in [0.4, 0.5) is 0 Å². The van der Waals surface area contributed by atoms with Gasteiger partial charge < -0.3 is 9.90 Å². The van der Waals surface area contributed by atoms with E-state index >= 15 is 0 Å². The average molecular weight is 389 g/mol. The van der Waals surface area contributed by atoms with Crippen molar-refractivity contribution in [1.82, 2.24) is 0 Å². The Bertz CT molecular complexity index is 497. The third kappa shape index (κ3) is 15.6. The Hall–Kier alpha value is -1.41. The van der Waals surface area contributed by atoms with Gasteiger partial charge in [0.15, 0.2) is 0 Å². The fraction of sp³-hybridized carbons (Fsp3) is 0.654. The third-order valence-electron chi connectivity index (χ3n) is 4.90. The molecular weight excluding hydrogens is 344 g/mol. The summed E-state index contributed by atoms with van der Waals surface area (Å²) < 4.78 is 0. The summed E-state index contributed by atoms with van der Waals surface area (Å²) in [7, 11) is 0. The summed E-state index contributed by atoms with van der Waals surface area (Å²) in [5, 5.41) is 9.42. The molecule has 0 amide bonds. The van der Waals surface area contributed by atoms with E-state index in [4.69, 9.17) is 0 Å². The molecule has 2 heteroatoms. The highest BCUT2D eigenvalue weighted by Crippen LogP contribution is 2.26. The van der Waals surface area contributed by atoms with E-state index < -0.39 is 0 Å². The van der Waals surface area contributed by atoms with Crippen molar-refractivity contribution in [3.05, 3.63) is 48.1 Å². The van der Waals surface area contributed by atoms with Crippen molar-refractivity contribution in [2.75, 3.05) is 0 Å². The second kappa shape index (κ2) is 18.9. The van der Waals surface area contributed by atoms with Gasteiger partial charge in [0.25, 0.3) is 0 Å². The maximum atomic E-state index is 10.4. The van der Waals surface area contributed by atoms with Crippen molar-refractivity contribution in [1.29, 1.82) is 0 Å². The molecule has 1 fully saturated rings. The minimum absolute atomic E-state index is 0.0396. The number of carbonyl (C=O) groups excluding carboxylic acids is 1. The first-order chi connectivity index (χ1) is 13.6. The molecule has 2 rings (SSSR count). The summed E-state index contributed by atoms with van der Waals surface area (Å²) in [6, 6.07) is 0. The minimum atomic E-state index is -0.0396. The molecule has 1 saturated carbocycles. The first-order valence-corrected chi connectivity index (χ1v) is 11.4. The van der Waals surface area contributed by atoms with Crippen molar-refractivity contribution in [2.45, 2.75) is 104 Å². The number of unbranched alkanes of at least 4 members (excludes halogenated alkanes) is 2. The second-order valence-corrected chi connectivity index (χ2v) is 7.47. The Kier molecular flexibility index (Phi) is 18.0. The number of rotatable bonds is 9. The smallest absolute Gasteiger partial charge is 0.129 e. The van der Waals surface area contributed by atoms with Gasteiger partial charge in [-0.05, 0) is 84.0 Å². The molecule has 0 heterocycles. The predicted octanol–water partition coefficient (Wildman–Crippen LogP) is 7.50. The van der Waals surface area contributed by atoms with Gasteiger partial charge in [-0.15, -0.1) is 0 Å². The average Bonchev–Trinajstić information content (AvgIpc) is 3.13. The lowest BCUT2D eigenvalue weighted by atomic mass is 10.0. The van der Waals surface area contributed by atoms with Gasteiger partial charge in [-0.25, -0.2) is 0 Å². The number of aliphatic hydroxyl groups is 1. The monoisotopic (exact) mass is 388 g/mol. The summed E-state index contributed by atoms with van der Waals surface area (Å²) in [6.07, 6.45) is 27.6. The highest BCUT2D eigenvalue weighted by molar-refractivity contribution is 5.75. The van der Waals surface area contributed by atoms with Crippen LogP contribution < -0.4 is 0 Å². The molecule has 0 aliphatic heterocycles. The molecule has 0 aromatic heterocycles. The summed E-state index contributed by atoms with van der Waals surface area (Å²) in [4.78, 5) is 10.4. The lowest BCUT2D eigenvalue weighted by Gasteiger charge is -2.05. The van der Waals surface area contributed by atoms with Gasteiger partial charge in [-0.1, -0.05) is 62.0 Å². The van der Waals surface area contributed by atoms with Gasteiger partial charge in [0, 0.05) is 6.42 Å². The Labute approximate surface area is 174 Å². The van der Waals surface area contributed by atoms with E-state index in [1.54, 1.807) is 6.92 Å². The normalized spacial score (nSPS) is 21.1. The molecule has 0 radical (unpaired) electrons. The molecule has 0 saturated heterocycles. The second-order valence-electron chi connectivity index (χ2n) is 7.47. The van der Waals surface area contributed by atoms with E-state index in [9.17, 15) is 9.90 Å². The zero-order chi connectivity index (χ0) is 21.0. The zero-order valence-corrected chi connectivity index (χ0v) is 18.8. The molecule has 2 aliphatic carbocycles. The Balaban J connectivity index is 0.000000566. The standard InChI is InChI=1S/C16H24O.C8H14O.C2H6/c17-16-12-11-15(13-16)10-6-2-5-9-14-7-3-1-4-8-14;1-3-4-5-6-7-8(2)9;1-2/h3,6-8,10,15-17H,1-2,4-5,9,11-13H2;3-4H,5-7H2,1-2H3;1-2H3/b10-6+;4-3-;/t15?,16-;;/m0../s1. The van der Waals surface area contributed by atoms with Crippen LogP contribution in [0.3, 0.4) is 0 Å². The number of Topliss-reactive ketones (excluding diaryl/α,β-unsaturated/α-hetero) is 1. The van der Waals surface area contributed by atoms with Crippen molar-refractivity contribution < 1.29 is 9.90 Å². The van der Waals surface area contributed by atoms with Gasteiger partial charge in [0.05, 0.1) is 6.10 Å². The molecular formula is C26H44O2. The Morgan fingerprint density at radius 1 is 1.14 bits per heavy atom. The van der Waals surface area contributed by atoms with Crippen LogP contribution >= 0.6 is 0 Å². The Morgan fingerprint density at radius 2 is 1.89 bits per heavy atom. The fourth-order valence-electron chi connectivity index (χ4n) is 3.37. The molecule has 2 aliphatic rings. The molecule has 160 valence electrons. The SMILES string of the molecule is C/C=C\CCCC(C)=O.CC.O[C@H]1CCC(/C=C/CCCC2=CCCC=C2)C1. The maximum Gasteiger partial charge on any atom is 0.129 e. The van der Waals surface area contributed by atoms with E-state index in [1.807, 2.05) is 26.8 Å². The lowest BCUT2D eigenvalue weighted by molar-refractivity contribution is -0.117. The van der Waals surface area contributed by atoms with Crippen LogP contribution in [0.15, 0.2) is 48.1 Å². The van der Waals surface area contributed by atoms with Crippen molar-refractivity contribution in [3.8, 4) is 0 Å². The van der Waals surface area contributed by atoms with E-state index in [1.165, 1.54) is 44.1 Å². The largest absolute Gasteiger partial charge is 0.393 e. The van der Waals surface area contributed by atoms with Crippen LogP contribution in [0, 0.1) is 5.92 Å². The van der Waals surface area contributed by atoms with E-state index in [2.05, 4.69) is 36.5 Å². The molecule has 0 aromatic carbocycles. The third-order valence-corrected chi connectivity index (χ3v) is 4.90. The molecule has 28 heavy (non-hydrogen) atoms. The molecule has 0 aromatic rings. The molecule has 2 nitrogen and oxygen atoms in total. The molecule has 0 bridgehead atoms. The lowest BCUT2D eigenvalue weighted by Crippen LogP contribution is -1.98. The van der Waals surface area contributed by atoms with E-state index in [0.717, 1.165) is 32.1 Å². The maximum absolute atomic E-state index is 10.4. The quantitative estimate of drug-likeness (QED) is 0.328. The van der Waals surface area contributed by atoms with Crippen LogP contribution in [0.2, 0.25) is 0 Å². The number of aliphatic hydroxyl groups excluding tert-OH is 1. The summed E-state index contributed by atoms with van der Waals surface area (Å²) >= 11 is 0. The Morgan fingerprint density at radius 3 is 2.46 bits per heavy atom. The zero-order valence-electron chi connectivity index (χ0n) is 18.8. The van der Waals surface area contributed by atoms with Crippen molar-refractivity contribution in [3.63, 3.8) is 0 Å². The van der Waals surface area contributed by atoms with Crippen LogP contribution in [-0.2, 0) is 4.79 Å². The van der Waals surface area contributed by atoms with Gasteiger partial charge in [0.2, 0.25) is 0 Å².